The fraction of sp³-hybridized carbons (Fsp3) is 0. The lowest BCUT2D eigenvalue weighted by atomic mass is 10.2. The summed E-state index contributed by atoms with van der Waals surface area (Å²) < 4.78 is 32.3. The number of anilines is 1. The van der Waals surface area contributed by atoms with Crippen molar-refractivity contribution in [3.8, 4) is 11.4 Å². The Labute approximate surface area is 147 Å². The van der Waals surface area contributed by atoms with Crippen LogP contribution in [0.2, 0.25) is 0 Å². The Morgan fingerprint density at radius 1 is 1.00 bits per heavy atom. The molecule has 0 unspecified atom stereocenters. The molecule has 0 saturated carbocycles. The molecule has 0 amide bonds. The molecule has 0 aliphatic heterocycles. The molecular formula is C17H12N4O4S. The lowest BCUT2D eigenvalue weighted by Crippen LogP contribution is -2.13. The normalized spacial score (nSPS) is 11.5. The number of hydrogen-bond donors (Lipinski definition) is 2. The predicted octanol–water partition coefficient (Wildman–Crippen LogP) is 2.38. The minimum absolute atomic E-state index is 0.0418. The Kier molecular flexibility index (Phi) is 3.77. The largest absolute Gasteiger partial charge is 0.417 e. The van der Waals surface area contributed by atoms with E-state index in [0.717, 1.165) is 5.56 Å². The van der Waals surface area contributed by atoms with E-state index in [1.165, 1.54) is 30.6 Å². The molecule has 0 atom stereocenters. The maximum absolute atomic E-state index is 12.5. The first-order valence-corrected chi connectivity index (χ1v) is 9.03. The van der Waals surface area contributed by atoms with Gasteiger partial charge in [-0.25, -0.2) is 23.2 Å². The van der Waals surface area contributed by atoms with Gasteiger partial charge >= 0.3 is 5.76 Å². The van der Waals surface area contributed by atoms with Crippen LogP contribution < -0.4 is 10.5 Å². The zero-order valence-corrected chi connectivity index (χ0v) is 14.0. The van der Waals surface area contributed by atoms with Gasteiger partial charge in [-0.05, 0) is 12.1 Å². The highest BCUT2D eigenvalue weighted by Gasteiger charge is 2.16. The van der Waals surface area contributed by atoms with Crippen molar-refractivity contribution in [1.82, 2.24) is 15.0 Å². The Morgan fingerprint density at radius 2 is 1.73 bits per heavy atom. The number of benzene rings is 2. The maximum atomic E-state index is 12.5. The average molecular weight is 368 g/mol. The molecule has 0 fully saturated rings. The summed E-state index contributed by atoms with van der Waals surface area (Å²) in [4.78, 5) is 21.9. The zero-order chi connectivity index (χ0) is 18.1. The molecule has 26 heavy (non-hydrogen) atoms. The predicted molar refractivity (Wildman–Crippen MR) is 95.1 cm³/mol. The maximum Gasteiger partial charge on any atom is 0.417 e. The number of aromatic amines is 1. The highest BCUT2D eigenvalue weighted by molar-refractivity contribution is 7.92. The molecule has 8 nitrogen and oxygen atoms in total. The third-order valence-electron chi connectivity index (χ3n) is 3.64. The highest BCUT2D eigenvalue weighted by Crippen LogP contribution is 2.20. The second-order valence-electron chi connectivity index (χ2n) is 5.44. The van der Waals surface area contributed by atoms with Gasteiger partial charge in [-0.1, -0.05) is 30.3 Å². The van der Waals surface area contributed by atoms with Crippen LogP contribution in [-0.2, 0) is 10.0 Å². The van der Waals surface area contributed by atoms with E-state index in [1.807, 2.05) is 30.3 Å². The Balaban J connectivity index is 1.61. The number of aromatic nitrogens is 3. The van der Waals surface area contributed by atoms with Crippen molar-refractivity contribution in [3.63, 3.8) is 0 Å². The second-order valence-corrected chi connectivity index (χ2v) is 7.12. The lowest BCUT2D eigenvalue weighted by Gasteiger charge is -2.08. The van der Waals surface area contributed by atoms with Crippen LogP contribution in [-0.4, -0.2) is 23.4 Å². The number of nitrogens with zero attached hydrogens (tertiary/aromatic N) is 2. The fourth-order valence-electron chi connectivity index (χ4n) is 2.42. The smallest absolute Gasteiger partial charge is 0.408 e. The minimum atomic E-state index is -3.88. The van der Waals surface area contributed by atoms with Crippen LogP contribution in [0.15, 0.2) is 75.0 Å². The van der Waals surface area contributed by atoms with Gasteiger partial charge in [-0.3, -0.25) is 9.71 Å². The number of H-pyrrole nitrogens is 1. The molecule has 0 spiro atoms. The summed E-state index contributed by atoms with van der Waals surface area (Å²) in [6.07, 6.45) is 2.78. The number of hydrogen-bond acceptors (Lipinski definition) is 6. The average Bonchev–Trinajstić information content (AvgIpc) is 3.02. The van der Waals surface area contributed by atoms with E-state index in [9.17, 15) is 13.2 Å². The molecule has 2 N–H and O–H groups in total. The number of nitrogens with one attached hydrogen (secondary N) is 2. The summed E-state index contributed by atoms with van der Waals surface area (Å²) in [7, 11) is -3.88. The van der Waals surface area contributed by atoms with Crippen molar-refractivity contribution in [2.45, 2.75) is 4.90 Å². The monoisotopic (exact) mass is 368 g/mol. The number of sulfonamides is 1. The fourth-order valence-corrected chi connectivity index (χ4v) is 3.47. The minimum Gasteiger partial charge on any atom is -0.408 e. The molecule has 0 bridgehead atoms. The van der Waals surface area contributed by atoms with Gasteiger partial charge in [0.15, 0.2) is 11.4 Å². The molecule has 130 valence electrons. The lowest BCUT2D eigenvalue weighted by molar-refractivity contribution is 0.554. The number of fused-ring (bicyclic) bond motifs is 1. The molecule has 0 aliphatic carbocycles. The van der Waals surface area contributed by atoms with Gasteiger partial charge in [0.1, 0.15) is 0 Å². The Bertz CT molecular complexity index is 1230. The summed E-state index contributed by atoms with van der Waals surface area (Å²) in [6, 6.07) is 13.4. The van der Waals surface area contributed by atoms with Gasteiger partial charge in [-0.15, -0.1) is 0 Å². The molecule has 0 aliphatic rings. The third-order valence-corrected chi connectivity index (χ3v) is 5.02. The van der Waals surface area contributed by atoms with Gasteiger partial charge in [0, 0.05) is 11.6 Å². The quantitative estimate of drug-likeness (QED) is 0.571. The van der Waals surface area contributed by atoms with E-state index in [1.54, 1.807) is 0 Å². The van der Waals surface area contributed by atoms with Crippen molar-refractivity contribution in [3.05, 3.63) is 71.5 Å². The van der Waals surface area contributed by atoms with Crippen LogP contribution in [0.25, 0.3) is 22.5 Å². The third kappa shape index (κ3) is 3.07. The van der Waals surface area contributed by atoms with Gasteiger partial charge in [-0.2, -0.15) is 0 Å². The van der Waals surface area contributed by atoms with Gasteiger partial charge in [0.25, 0.3) is 10.0 Å². The van der Waals surface area contributed by atoms with Gasteiger partial charge in [0.05, 0.1) is 28.5 Å². The summed E-state index contributed by atoms with van der Waals surface area (Å²) in [5.41, 5.74) is 1.63. The molecule has 4 aromatic rings. The van der Waals surface area contributed by atoms with E-state index < -0.39 is 15.8 Å². The molecule has 4 rings (SSSR count). The zero-order valence-electron chi connectivity index (χ0n) is 13.2. The van der Waals surface area contributed by atoms with E-state index in [-0.39, 0.29) is 16.2 Å². The first kappa shape index (κ1) is 16.0. The first-order chi connectivity index (χ1) is 12.5. The van der Waals surface area contributed by atoms with Crippen LogP contribution in [0.1, 0.15) is 0 Å². The van der Waals surface area contributed by atoms with E-state index in [2.05, 4.69) is 19.7 Å². The van der Waals surface area contributed by atoms with Crippen LogP contribution in [0.3, 0.4) is 0 Å². The Morgan fingerprint density at radius 3 is 2.46 bits per heavy atom. The highest BCUT2D eigenvalue weighted by atomic mass is 32.2. The Hall–Kier alpha value is -3.46. The standard InChI is InChI=1S/C17H12N4O4S/c22-17-20-14-7-6-13(8-15(14)25-17)26(23,24)21-12-9-18-16(19-10-12)11-4-2-1-3-5-11/h1-10,21H,(H,20,22). The molecule has 0 radical (unpaired) electrons. The van der Waals surface area contributed by atoms with Crippen LogP contribution in [0.5, 0.6) is 0 Å². The van der Waals surface area contributed by atoms with Crippen molar-refractivity contribution < 1.29 is 12.8 Å². The van der Waals surface area contributed by atoms with Crippen molar-refractivity contribution >= 4 is 26.8 Å². The van der Waals surface area contributed by atoms with Gasteiger partial charge < -0.3 is 4.42 Å². The van der Waals surface area contributed by atoms with Crippen molar-refractivity contribution in [1.29, 1.82) is 0 Å². The molecule has 2 aromatic heterocycles. The summed E-state index contributed by atoms with van der Waals surface area (Å²) in [6.45, 7) is 0. The number of oxazole rings is 1. The second kappa shape index (κ2) is 6.12. The summed E-state index contributed by atoms with van der Waals surface area (Å²) >= 11 is 0. The molecule has 9 heteroatoms. The molecule has 2 heterocycles. The molecule has 2 aromatic carbocycles. The summed E-state index contributed by atoms with van der Waals surface area (Å²) in [5, 5.41) is 0. The van der Waals surface area contributed by atoms with Crippen LogP contribution in [0, 0.1) is 0 Å². The van der Waals surface area contributed by atoms with Gasteiger partial charge in [0.2, 0.25) is 0 Å². The van der Waals surface area contributed by atoms with Crippen LogP contribution >= 0.6 is 0 Å². The van der Waals surface area contributed by atoms with E-state index >= 15 is 0 Å². The molecule has 0 saturated heterocycles. The SMILES string of the molecule is O=c1[nH]c2ccc(S(=O)(=O)Nc3cnc(-c4ccccc4)nc3)cc2o1. The number of rotatable bonds is 4. The van der Waals surface area contributed by atoms with Crippen molar-refractivity contribution in [2.75, 3.05) is 4.72 Å². The summed E-state index contributed by atoms with van der Waals surface area (Å²) in [5.74, 6) is -0.156. The van der Waals surface area contributed by atoms with Crippen LogP contribution in [0.4, 0.5) is 5.69 Å². The first-order valence-electron chi connectivity index (χ1n) is 7.54. The topological polar surface area (TPSA) is 118 Å². The van der Waals surface area contributed by atoms with E-state index in [4.69, 9.17) is 4.42 Å². The van der Waals surface area contributed by atoms with E-state index in [0.29, 0.717) is 11.3 Å². The van der Waals surface area contributed by atoms with Crippen molar-refractivity contribution in [2.24, 2.45) is 0 Å². The molecular weight excluding hydrogens is 356 g/mol.